The first-order valence-corrected chi connectivity index (χ1v) is 7.31. The molecule has 0 radical (unpaired) electrons. The highest BCUT2D eigenvalue weighted by Crippen LogP contribution is 2.23. The van der Waals surface area contributed by atoms with Crippen LogP contribution in [-0.4, -0.2) is 37.0 Å². The van der Waals surface area contributed by atoms with Crippen LogP contribution in [0.5, 0.6) is 0 Å². The Hall–Kier alpha value is -0.710. The van der Waals surface area contributed by atoms with Crippen LogP contribution in [0, 0.1) is 5.92 Å². The smallest absolute Gasteiger partial charge is 0.305 e. The number of methoxy groups -OCH3 is 1. The fourth-order valence-corrected chi connectivity index (χ4v) is 2.99. The summed E-state index contributed by atoms with van der Waals surface area (Å²) < 4.78 is 4.55. The molecule has 0 aliphatic carbocycles. The number of nitrogens with one attached hydrogen (secondary N) is 1. The van der Waals surface area contributed by atoms with Crippen molar-refractivity contribution in [3.8, 4) is 0 Å². The monoisotopic (exact) mass is 259 g/mol. The van der Waals surface area contributed by atoms with Crippen molar-refractivity contribution in [1.82, 2.24) is 5.32 Å². The molecule has 4 nitrogen and oxygen atoms in total. The Morgan fingerprint density at radius 2 is 2.18 bits per heavy atom. The average molecular weight is 259 g/mol. The summed E-state index contributed by atoms with van der Waals surface area (Å²) in [5, 5.41) is 2.96. The number of unbranched alkanes of at least 4 members (excludes halogenated alkanes) is 2. The van der Waals surface area contributed by atoms with Crippen molar-refractivity contribution in [2.75, 3.05) is 25.2 Å². The van der Waals surface area contributed by atoms with Crippen LogP contribution in [-0.2, 0) is 14.3 Å². The number of ether oxygens (including phenoxy) is 1. The quantitative estimate of drug-likeness (QED) is 0.557. The molecule has 1 atom stereocenters. The Bertz CT molecular complexity index is 252. The van der Waals surface area contributed by atoms with Crippen molar-refractivity contribution >= 4 is 23.6 Å². The second-order valence-electron chi connectivity index (χ2n) is 4.24. The zero-order valence-corrected chi connectivity index (χ0v) is 11.2. The van der Waals surface area contributed by atoms with E-state index in [2.05, 4.69) is 10.1 Å². The summed E-state index contributed by atoms with van der Waals surface area (Å²) in [4.78, 5) is 22.5. The Morgan fingerprint density at radius 1 is 1.35 bits per heavy atom. The number of esters is 1. The van der Waals surface area contributed by atoms with Crippen LogP contribution in [0.15, 0.2) is 0 Å². The average Bonchev–Trinajstić information content (AvgIpc) is 2.86. The summed E-state index contributed by atoms with van der Waals surface area (Å²) in [6.07, 6.45) is 4.21. The molecule has 1 aliphatic rings. The van der Waals surface area contributed by atoms with Gasteiger partial charge in [0, 0.05) is 24.6 Å². The molecule has 1 fully saturated rings. The number of hydrogen-bond donors (Lipinski definition) is 1. The summed E-state index contributed by atoms with van der Waals surface area (Å²) in [5.74, 6) is 2.33. The minimum Gasteiger partial charge on any atom is -0.469 e. The summed E-state index contributed by atoms with van der Waals surface area (Å²) in [6.45, 7) is 0.723. The van der Waals surface area contributed by atoms with Gasteiger partial charge in [-0.3, -0.25) is 9.59 Å². The highest BCUT2D eigenvalue weighted by Gasteiger charge is 2.22. The number of thioether (sulfide) groups is 1. The first kappa shape index (κ1) is 14.4. The molecule has 0 spiro atoms. The zero-order valence-electron chi connectivity index (χ0n) is 10.4. The fourth-order valence-electron chi connectivity index (χ4n) is 1.77. The van der Waals surface area contributed by atoms with E-state index in [9.17, 15) is 9.59 Å². The lowest BCUT2D eigenvalue weighted by Crippen LogP contribution is -2.31. The largest absolute Gasteiger partial charge is 0.469 e. The molecule has 1 rings (SSSR count). The van der Waals surface area contributed by atoms with Gasteiger partial charge in [0.25, 0.3) is 0 Å². The minimum absolute atomic E-state index is 0.156. The first-order chi connectivity index (χ1) is 8.24. The number of carbonyl (C=O) groups is 2. The third-order valence-corrected chi connectivity index (χ3v) is 4.05. The molecule has 1 heterocycles. The Kier molecular flexibility index (Phi) is 7.08. The minimum atomic E-state index is -0.156. The van der Waals surface area contributed by atoms with Gasteiger partial charge in [0.15, 0.2) is 0 Å². The summed E-state index contributed by atoms with van der Waals surface area (Å²) in [7, 11) is 1.40. The first-order valence-electron chi connectivity index (χ1n) is 6.16. The lowest BCUT2D eigenvalue weighted by molar-refractivity contribution is -0.140. The molecule has 1 amide bonds. The molecule has 0 aromatic heterocycles. The molecule has 5 heteroatoms. The highest BCUT2D eigenvalue weighted by molar-refractivity contribution is 7.99. The normalized spacial score (nSPS) is 19.0. The van der Waals surface area contributed by atoms with Gasteiger partial charge in [-0.15, -0.1) is 0 Å². The summed E-state index contributed by atoms with van der Waals surface area (Å²) >= 11 is 1.85. The van der Waals surface area contributed by atoms with Crippen molar-refractivity contribution in [2.24, 2.45) is 5.92 Å². The van der Waals surface area contributed by atoms with E-state index in [4.69, 9.17) is 0 Å². The lowest BCUT2D eigenvalue weighted by Gasteiger charge is -2.09. The van der Waals surface area contributed by atoms with E-state index in [1.807, 2.05) is 11.8 Å². The predicted molar refractivity (Wildman–Crippen MR) is 68.9 cm³/mol. The van der Waals surface area contributed by atoms with E-state index in [1.165, 1.54) is 7.11 Å². The van der Waals surface area contributed by atoms with E-state index in [0.717, 1.165) is 43.7 Å². The van der Waals surface area contributed by atoms with Gasteiger partial charge in [0.05, 0.1) is 7.11 Å². The van der Waals surface area contributed by atoms with Gasteiger partial charge in [-0.1, -0.05) is 6.42 Å². The van der Waals surface area contributed by atoms with Gasteiger partial charge < -0.3 is 10.1 Å². The highest BCUT2D eigenvalue weighted by atomic mass is 32.2. The number of rotatable bonds is 7. The molecule has 1 aliphatic heterocycles. The van der Waals surface area contributed by atoms with Crippen LogP contribution in [0.4, 0.5) is 0 Å². The third-order valence-electron chi connectivity index (χ3n) is 2.89. The lowest BCUT2D eigenvalue weighted by atomic mass is 10.1. The van der Waals surface area contributed by atoms with Gasteiger partial charge in [-0.05, 0) is 25.0 Å². The van der Waals surface area contributed by atoms with E-state index in [-0.39, 0.29) is 17.8 Å². The van der Waals surface area contributed by atoms with Gasteiger partial charge in [-0.25, -0.2) is 0 Å². The Balaban J connectivity index is 1.93. The number of hydrogen-bond acceptors (Lipinski definition) is 4. The molecule has 0 bridgehead atoms. The number of carbonyl (C=O) groups excluding carboxylic acids is 2. The second kappa shape index (κ2) is 8.39. The van der Waals surface area contributed by atoms with Crippen molar-refractivity contribution < 1.29 is 14.3 Å². The molecule has 1 N–H and O–H groups in total. The van der Waals surface area contributed by atoms with Crippen LogP contribution in [0.1, 0.15) is 32.1 Å². The van der Waals surface area contributed by atoms with Crippen LogP contribution in [0.25, 0.3) is 0 Å². The molecule has 0 aromatic rings. The van der Waals surface area contributed by atoms with Gasteiger partial charge in [0.1, 0.15) is 0 Å². The summed E-state index contributed by atoms with van der Waals surface area (Å²) in [5.41, 5.74) is 0. The van der Waals surface area contributed by atoms with Crippen molar-refractivity contribution in [3.05, 3.63) is 0 Å². The Morgan fingerprint density at radius 3 is 2.82 bits per heavy atom. The van der Waals surface area contributed by atoms with Gasteiger partial charge in [-0.2, -0.15) is 11.8 Å². The topological polar surface area (TPSA) is 55.4 Å². The van der Waals surface area contributed by atoms with E-state index in [1.54, 1.807) is 0 Å². The molecule has 1 saturated heterocycles. The van der Waals surface area contributed by atoms with Crippen molar-refractivity contribution in [2.45, 2.75) is 32.1 Å². The molecular weight excluding hydrogens is 238 g/mol. The van der Waals surface area contributed by atoms with Crippen LogP contribution >= 0.6 is 11.8 Å². The summed E-state index contributed by atoms with van der Waals surface area (Å²) in [6, 6.07) is 0. The van der Waals surface area contributed by atoms with E-state index >= 15 is 0 Å². The molecule has 1 unspecified atom stereocenters. The molecule has 17 heavy (non-hydrogen) atoms. The molecule has 98 valence electrons. The van der Waals surface area contributed by atoms with Crippen LogP contribution < -0.4 is 5.32 Å². The van der Waals surface area contributed by atoms with Crippen LogP contribution in [0.2, 0.25) is 0 Å². The zero-order chi connectivity index (χ0) is 12.5. The van der Waals surface area contributed by atoms with Crippen LogP contribution in [0.3, 0.4) is 0 Å². The predicted octanol–water partition coefficient (Wildman–Crippen LogP) is 1.59. The maximum absolute atomic E-state index is 11.6. The fraction of sp³-hybridized carbons (Fsp3) is 0.833. The third kappa shape index (κ3) is 5.96. The molecule has 0 aromatic carbocycles. The molecular formula is C12H21NO3S. The second-order valence-corrected chi connectivity index (χ2v) is 5.39. The maximum Gasteiger partial charge on any atom is 0.305 e. The molecule has 0 saturated carbocycles. The standard InChI is InChI=1S/C12H21NO3S/c1-16-11(14)5-3-2-4-7-13-12(15)10-6-8-17-9-10/h10H,2-9H2,1H3,(H,13,15). The van der Waals surface area contributed by atoms with E-state index in [0.29, 0.717) is 6.42 Å². The van der Waals surface area contributed by atoms with Crippen molar-refractivity contribution in [1.29, 1.82) is 0 Å². The Labute approximate surface area is 107 Å². The van der Waals surface area contributed by atoms with Gasteiger partial charge >= 0.3 is 5.97 Å². The van der Waals surface area contributed by atoms with Gasteiger partial charge in [0.2, 0.25) is 5.91 Å². The SMILES string of the molecule is COC(=O)CCCCCNC(=O)C1CCSC1. The van der Waals surface area contributed by atoms with Crippen molar-refractivity contribution in [3.63, 3.8) is 0 Å². The maximum atomic E-state index is 11.6. The van der Waals surface area contributed by atoms with E-state index < -0.39 is 0 Å². The number of amides is 1.